The molecular weight excluding hydrogens is 378 g/mol. The van der Waals surface area contributed by atoms with Crippen LogP contribution in [0.1, 0.15) is 5.56 Å². The number of benzene rings is 2. The molecule has 138 valence electrons. The van der Waals surface area contributed by atoms with Gasteiger partial charge in [-0.2, -0.15) is 0 Å². The summed E-state index contributed by atoms with van der Waals surface area (Å²) < 4.78 is 52.4. The molecule has 0 spiro atoms. The van der Waals surface area contributed by atoms with Crippen molar-refractivity contribution in [3.8, 4) is 0 Å². The Bertz CT molecular complexity index is 1090. The Morgan fingerprint density at radius 2 is 1.77 bits per heavy atom. The van der Waals surface area contributed by atoms with Crippen molar-refractivity contribution in [3.63, 3.8) is 0 Å². The second-order valence-electron chi connectivity index (χ2n) is 5.90. The van der Waals surface area contributed by atoms with Crippen LogP contribution in [0.2, 0.25) is 0 Å². The zero-order valence-electron chi connectivity index (χ0n) is 14.1. The SMILES string of the molecule is CN(c1ccccc1NS(=O)(=O)c1ccc2c(c1)CC(=O)N2)S(C)(=O)=O. The fourth-order valence-electron chi connectivity index (χ4n) is 2.59. The van der Waals surface area contributed by atoms with Crippen LogP contribution in [0.25, 0.3) is 0 Å². The molecule has 1 heterocycles. The van der Waals surface area contributed by atoms with E-state index in [4.69, 9.17) is 0 Å². The third-order valence-electron chi connectivity index (χ3n) is 4.00. The fraction of sp³-hybridized carbons (Fsp3) is 0.188. The van der Waals surface area contributed by atoms with Gasteiger partial charge in [0.2, 0.25) is 15.9 Å². The van der Waals surface area contributed by atoms with E-state index in [0.29, 0.717) is 11.3 Å². The van der Waals surface area contributed by atoms with E-state index in [1.807, 2.05) is 0 Å². The van der Waals surface area contributed by atoms with Gasteiger partial charge in [0, 0.05) is 12.7 Å². The van der Waals surface area contributed by atoms with Gasteiger partial charge in [-0.3, -0.25) is 13.8 Å². The predicted molar refractivity (Wildman–Crippen MR) is 99.3 cm³/mol. The molecule has 0 bridgehead atoms. The van der Waals surface area contributed by atoms with E-state index in [-0.39, 0.29) is 28.6 Å². The van der Waals surface area contributed by atoms with E-state index >= 15 is 0 Å². The number of amides is 1. The van der Waals surface area contributed by atoms with Gasteiger partial charge in [0.1, 0.15) is 0 Å². The molecule has 0 aliphatic carbocycles. The van der Waals surface area contributed by atoms with Crippen molar-refractivity contribution in [2.24, 2.45) is 0 Å². The molecule has 0 aromatic heterocycles. The van der Waals surface area contributed by atoms with Gasteiger partial charge in [0.15, 0.2) is 0 Å². The third-order valence-corrected chi connectivity index (χ3v) is 6.55. The van der Waals surface area contributed by atoms with Gasteiger partial charge < -0.3 is 5.32 Å². The minimum atomic E-state index is -3.96. The Kier molecular flexibility index (Phi) is 4.41. The Morgan fingerprint density at radius 3 is 2.46 bits per heavy atom. The number of carbonyl (C=O) groups is 1. The van der Waals surface area contributed by atoms with Crippen LogP contribution in [0.5, 0.6) is 0 Å². The lowest BCUT2D eigenvalue weighted by atomic mass is 10.2. The largest absolute Gasteiger partial charge is 0.326 e. The summed E-state index contributed by atoms with van der Waals surface area (Å²) in [4.78, 5) is 11.4. The van der Waals surface area contributed by atoms with Crippen LogP contribution in [0, 0.1) is 0 Å². The van der Waals surface area contributed by atoms with E-state index in [1.165, 1.54) is 37.4 Å². The first-order valence-electron chi connectivity index (χ1n) is 7.56. The molecule has 1 aliphatic heterocycles. The minimum absolute atomic E-state index is 0.00967. The van der Waals surface area contributed by atoms with Gasteiger partial charge in [-0.25, -0.2) is 16.8 Å². The molecule has 2 aromatic carbocycles. The van der Waals surface area contributed by atoms with Gasteiger partial charge in [-0.05, 0) is 35.9 Å². The van der Waals surface area contributed by atoms with Crippen LogP contribution >= 0.6 is 0 Å². The topological polar surface area (TPSA) is 113 Å². The Morgan fingerprint density at radius 1 is 1.08 bits per heavy atom. The average Bonchev–Trinajstić information content (AvgIpc) is 2.92. The maximum Gasteiger partial charge on any atom is 0.261 e. The quantitative estimate of drug-likeness (QED) is 0.794. The van der Waals surface area contributed by atoms with Gasteiger partial charge in [-0.15, -0.1) is 0 Å². The van der Waals surface area contributed by atoms with Crippen molar-refractivity contribution in [3.05, 3.63) is 48.0 Å². The first kappa shape index (κ1) is 18.2. The summed E-state index contributed by atoms with van der Waals surface area (Å²) >= 11 is 0. The molecule has 10 heteroatoms. The van der Waals surface area contributed by atoms with Crippen LogP contribution in [0.15, 0.2) is 47.4 Å². The van der Waals surface area contributed by atoms with Crippen molar-refractivity contribution in [2.75, 3.05) is 27.6 Å². The summed E-state index contributed by atoms with van der Waals surface area (Å²) in [5.74, 6) is -0.192. The smallest absolute Gasteiger partial charge is 0.261 e. The van der Waals surface area contributed by atoms with Gasteiger partial charge >= 0.3 is 0 Å². The summed E-state index contributed by atoms with van der Waals surface area (Å²) in [6.45, 7) is 0. The van der Waals surface area contributed by atoms with Crippen molar-refractivity contribution < 1.29 is 21.6 Å². The number of para-hydroxylation sites is 2. The maximum atomic E-state index is 12.7. The van der Waals surface area contributed by atoms with E-state index < -0.39 is 20.0 Å². The molecule has 26 heavy (non-hydrogen) atoms. The van der Waals surface area contributed by atoms with E-state index in [2.05, 4.69) is 10.0 Å². The second-order valence-corrected chi connectivity index (χ2v) is 9.59. The maximum absolute atomic E-state index is 12.7. The van der Waals surface area contributed by atoms with Crippen LogP contribution in [0.3, 0.4) is 0 Å². The third kappa shape index (κ3) is 3.51. The Hall–Kier alpha value is -2.59. The predicted octanol–water partition coefficient (Wildman–Crippen LogP) is 1.38. The summed E-state index contributed by atoms with van der Waals surface area (Å²) in [5.41, 5.74) is 1.53. The number of rotatable bonds is 5. The van der Waals surface area contributed by atoms with Crippen LogP contribution in [-0.4, -0.2) is 36.0 Å². The minimum Gasteiger partial charge on any atom is -0.326 e. The lowest BCUT2D eigenvalue weighted by molar-refractivity contribution is -0.115. The zero-order chi connectivity index (χ0) is 19.1. The number of nitrogens with zero attached hydrogens (tertiary/aromatic N) is 1. The lowest BCUT2D eigenvalue weighted by Crippen LogP contribution is -2.26. The molecular formula is C16H17N3O5S2. The number of fused-ring (bicyclic) bond motifs is 1. The number of hydrogen-bond donors (Lipinski definition) is 2. The normalized spacial score (nSPS) is 13.8. The molecule has 3 rings (SSSR count). The van der Waals surface area contributed by atoms with Crippen molar-refractivity contribution in [1.29, 1.82) is 0 Å². The summed E-state index contributed by atoms with van der Waals surface area (Å²) in [6, 6.07) is 10.5. The summed E-state index contributed by atoms with van der Waals surface area (Å²) in [6.07, 6.45) is 1.15. The molecule has 0 saturated carbocycles. The fourth-order valence-corrected chi connectivity index (χ4v) is 4.23. The molecule has 0 saturated heterocycles. The zero-order valence-corrected chi connectivity index (χ0v) is 15.7. The number of anilines is 3. The molecule has 0 unspecified atom stereocenters. The number of hydrogen-bond acceptors (Lipinski definition) is 5. The van der Waals surface area contributed by atoms with Crippen molar-refractivity contribution in [1.82, 2.24) is 0 Å². The highest BCUT2D eigenvalue weighted by Gasteiger charge is 2.23. The van der Waals surface area contributed by atoms with Gasteiger partial charge in [0.25, 0.3) is 10.0 Å². The van der Waals surface area contributed by atoms with E-state index in [1.54, 1.807) is 12.1 Å². The molecule has 1 aliphatic rings. The Labute approximate surface area is 151 Å². The number of nitrogens with one attached hydrogen (secondary N) is 2. The molecule has 0 radical (unpaired) electrons. The number of sulfonamides is 2. The molecule has 1 amide bonds. The van der Waals surface area contributed by atoms with Gasteiger partial charge in [0.05, 0.1) is 28.9 Å². The first-order valence-corrected chi connectivity index (χ1v) is 10.9. The van der Waals surface area contributed by atoms with Crippen LogP contribution in [-0.2, 0) is 31.3 Å². The molecule has 2 N–H and O–H groups in total. The lowest BCUT2D eigenvalue weighted by Gasteiger charge is -2.20. The Balaban J connectivity index is 1.97. The van der Waals surface area contributed by atoms with Crippen molar-refractivity contribution in [2.45, 2.75) is 11.3 Å². The average molecular weight is 395 g/mol. The second kappa shape index (κ2) is 6.29. The van der Waals surface area contributed by atoms with E-state index in [9.17, 15) is 21.6 Å². The highest BCUT2D eigenvalue weighted by molar-refractivity contribution is 7.93. The molecule has 2 aromatic rings. The highest BCUT2D eigenvalue weighted by atomic mass is 32.2. The molecule has 0 fully saturated rings. The summed E-state index contributed by atoms with van der Waals surface area (Å²) in [5, 5.41) is 2.64. The monoisotopic (exact) mass is 395 g/mol. The molecule has 0 atom stereocenters. The molecule has 8 nitrogen and oxygen atoms in total. The van der Waals surface area contributed by atoms with Crippen LogP contribution in [0.4, 0.5) is 17.1 Å². The van der Waals surface area contributed by atoms with Crippen LogP contribution < -0.4 is 14.3 Å². The number of carbonyl (C=O) groups excluding carboxylic acids is 1. The van der Waals surface area contributed by atoms with Gasteiger partial charge in [-0.1, -0.05) is 12.1 Å². The standard InChI is InChI=1S/C16H17N3O5S2/c1-19(25(2,21)22)15-6-4-3-5-14(15)18-26(23,24)12-7-8-13-11(9-12)10-16(20)17-13/h3-9,18H,10H2,1-2H3,(H,17,20). The first-order chi connectivity index (χ1) is 12.1. The highest BCUT2D eigenvalue weighted by Crippen LogP contribution is 2.30. The summed E-state index contributed by atoms with van der Waals surface area (Å²) in [7, 11) is -6.18. The van der Waals surface area contributed by atoms with E-state index in [0.717, 1.165) is 10.6 Å². The van der Waals surface area contributed by atoms with Crippen molar-refractivity contribution >= 4 is 43.0 Å².